The predicted molar refractivity (Wildman–Crippen MR) is 88.7 cm³/mol. The molecule has 23 heavy (non-hydrogen) atoms. The normalized spacial score (nSPS) is 20.8. The third-order valence-corrected chi connectivity index (χ3v) is 4.69. The molecule has 0 spiro atoms. The molecule has 0 saturated heterocycles. The minimum atomic E-state index is -1.01. The average Bonchev–Trinajstić information content (AvgIpc) is 2.59. The van der Waals surface area contributed by atoms with Crippen LogP contribution in [0.1, 0.15) is 39.0 Å². The quantitative estimate of drug-likeness (QED) is 0.873. The number of rotatable bonds is 6. The first-order chi connectivity index (χ1) is 11.0. The van der Waals surface area contributed by atoms with Gasteiger partial charge in [0.1, 0.15) is 5.75 Å². The van der Waals surface area contributed by atoms with E-state index in [1.807, 2.05) is 0 Å². The second-order valence-electron chi connectivity index (χ2n) is 6.20. The van der Waals surface area contributed by atoms with Gasteiger partial charge in [-0.25, -0.2) is 4.79 Å². The standard InChI is InChI=1S/C18H25NO4/c1-3-13-4-6-14(7-5-13)18(22)19(2)15-8-10-16(11-9-15)23-12-17(20)21/h8-11,13-14H,3-7,12H2,1-2H3,(H,20,21). The third-order valence-electron chi connectivity index (χ3n) is 4.69. The predicted octanol–water partition coefficient (Wildman–Crippen LogP) is 3.33. The number of carbonyl (C=O) groups is 2. The molecule has 1 amide bonds. The van der Waals surface area contributed by atoms with Gasteiger partial charge in [0.2, 0.25) is 5.91 Å². The van der Waals surface area contributed by atoms with E-state index in [-0.39, 0.29) is 18.4 Å². The molecule has 1 N–H and O–H groups in total. The first kappa shape index (κ1) is 17.3. The Balaban J connectivity index is 1.93. The van der Waals surface area contributed by atoms with Crippen LogP contribution in [0.15, 0.2) is 24.3 Å². The largest absolute Gasteiger partial charge is 0.482 e. The van der Waals surface area contributed by atoms with E-state index in [0.29, 0.717) is 5.75 Å². The minimum absolute atomic E-state index is 0.116. The molecule has 1 aromatic rings. The van der Waals surface area contributed by atoms with Crippen LogP contribution in [0.4, 0.5) is 5.69 Å². The van der Waals surface area contributed by atoms with E-state index in [2.05, 4.69) is 6.92 Å². The Hall–Kier alpha value is -2.04. The summed E-state index contributed by atoms with van der Waals surface area (Å²) in [6, 6.07) is 6.95. The number of carbonyl (C=O) groups excluding carboxylic acids is 1. The summed E-state index contributed by atoms with van der Waals surface area (Å²) in [4.78, 5) is 24.8. The molecule has 5 nitrogen and oxygen atoms in total. The van der Waals surface area contributed by atoms with Gasteiger partial charge in [0.25, 0.3) is 0 Å². The zero-order valence-electron chi connectivity index (χ0n) is 13.8. The molecule has 1 fully saturated rings. The molecule has 1 saturated carbocycles. The molecule has 5 heteroatoms. The molecular formula is C18H25NO4. The van der Waals surface area contributed by atoms with Crippen molar-refractivity contribution < 1.29 is 19.4 Å². The lowest BCUT2D eigenvalue weighted by Gasteiger charge is -2.30. The summed E-state index contributed by atoms with van der Waals surface area (Å²) in [5.41, 5.74) is 0.801. The van der Waals surface area contributed by atoms with Crippen LogP contribution in [-0.2, 0) is 9.59 Å². The van der Waals surface area contributed by atoms with Crippen molar-refractivity contribution in [3.8, 4) is 5.75 Å². The van der Waals surface area contributed by atoms with Crippen LogP contribution in [0.5, 0.6) is 5.75 Å². The Kier molecular flexibility index (Phi) is 6.02. The van der Waals surface area contributed by atoms with Crippen molar-refractivity contribution in [1.82, 2.24) is 0 Å². The van der Waals surface area contributed by atoms with Crippen LogP contribution in [0.2, 0.25) is 0 Å². The van der Waals surface area contributed by atoms with Crippen molar-refractivity contribution in [2.24, 2.45) is 11.8 Å². The first-order valence-corrected chi connectivity index (χ1v) is 8.23. The van der Waals surface area contributed by atoms with Crippen LogP contribution in [0, 0.1) is 11.8 Å². The number of anilines is 1. The topological polar surface area (TPSA) is 66.8 Å². The van der Waals surface area contributed by atoms with E-state index in [4.69, 9.17) is 9.84 Å². The van der Waals surface area contributed by atoms with E-state index >= 15 is 0 Å². The van der Waals surface area contributed by atoms with Gasteiger partial charge in [0.15, 0.2) is 6.61 Å². The zero-order chi connectivity index (χ0) is 16.8. The van der Waals surface area contributed by atoms with Gasteiger partial charge in [-0.15, -0.1) is 0 Å². The molecule has 1 aliphatic rings. The number of amides is 1. The molecule has 126 valence electrons. The van der Waals surface area contributed by atoms with Crippen molar-refractivity contribution in [1.29, 1.82) is 0 Å². The molecule has 0 atom stereocenters. The van der Waals surface area contributed by atoms with Gasteiger partial charge in [-0.1, -0.05) is 13.3 Å². The lowest BCUT2D eigenvalue weighted by molar-refractivity contribution is -0.139. The van der Waals surface area contributed by atoms with Crippen molar-refractivity contribution in [2.75, 3.05) is 18.6 Å². The lowest BCUT2D eigenvalue weighted by Crippen LogP contribution is -2.34. The van der Waals surface area contributed by atoms with E-state index in [9.17, 15) is 9.59 Å². The van der Waals surface area contributed by atoms with Crippen LogP contribution in [0.3, 0.4) is 0 Å². The van der Waals surface area contributed by atoms with E-state index in [1.54, 1.807) is 36.2 Å². The minimum Gasteiger partial charge on any atom is -0.482 e. The van der Waals surface area contributed by atoms with Crippen LogP contribution in [-0.4, -0.2) is 30.6 Å². The number of nitrogens with zero attached hydrogens (tertiary/aromatic N) is 1. The van der Waals surface area contributed by atoms with Gasteiger partial charge in [-0.05, 0) is 55.9 Å². The number of carboxylic acid groups (broad SMARTS) is 1. The van der Waals surface area contributed by atoms with Gasteiger partial charge < -0.3 is 14.7 Å². The van der Waals surface area contributed by atoms with Gasteiger partial charge in [0, 0.05) is 18.7 Å². The number of benzene rings is 1. The maximum absolute atomic E-state index is 12.6. The number of hydrogen-bond donors (Lipinski definition) is 1. The molecule has 0 heterocycles. The number of ether oxygens (including phenoxy) is 1. The Morgan fingerprint density at radius 3 is 2.30 bits per heavy atom. The Morgan fingerprint density at radius 2 is 1.78 bits per heavy atom. The smallest absolute Gasteiger partial charge is 0.341 e. The highest BCUT2D eigenvalue weighted by Gasteiger charge is 2.28. The van der Waals surface area contributed by atoms with Crippen molar-refractivity contribution in [3.05, 3.63) is 24.3 Å². The number of carboxylic acids is 1. The second kappa shape index (κ2) is 7.99. The highest BCUT2D eigenvalue weighted by molar-refractivity contribution is 5.94. The summed E-state index contributed by atoms with van der Waals surface area (Å²) in [5, 5.41) is 8.59. The summed E-state index contributed by atoms with van der Waals surface area (Å²) < 4.78 is 5.10. The fourth-order valence-corrected chi connectivity index (χ4v) is 3.13. The summed E-state index contributed by atoms with van der Waals surface area (Å²) in [7, 11) is 1.79. The van der Waals surface area contributed by atoms with Crippen molar-refractivity contribution >= 4 is 17.6 Å². The molecule has 2 rings (SSSR count). The Labute approximate surface area is 137 Å². The Bertz CT molecular complexity index is 532. The molecule has 0 aromatic heterocycles. The monoisotopic (exact) mass is 319 g/mol. The van der Waals surface area contributed by atoms with Crippen molar-refractivity contribution in [3.63, 3.8) is 0 Å². The zero-order valence-corrected chi connectivity index (χ0v) is 13.8. The van der Waals surface area contributed by atoms with Crippen LogP contribution < -0.4 is 9.64 Å². The van der Waals surface area contributed by atoms with Crippen molar-refractivity contribution in [2.45, 2.75) is 39.0 Å². The Morgan fingerprint density at radius 1 is 1.17 bits per heavy atom. The van der Waals surface area contributed by atoms with E-state index < -0.39 is 5.97 Å². The van der Waals surface area contributed by atoms with Crippen LogP contribution >= 0.6 is 0 Å². The fraction of sp³-hybridized carbons (Fsp3) is 0.556. The highest BCUT2D eigenvalue weighted by Crippen LogP contribution is 2.32. The second-order valence-corrected chi connectivity index (χ2v) is 6.20. The van der Waals surface area contributed by atoms with Crippen LogP contribution in [0.25, 0.3) is 0 Å². The van der Waals surface area contributed by atoms with Gasteiger partial charge in [-0.3, -0.25) is 4.79 Å². The summed E-state index contributed by atoms with van der Waals surface area (Å²) in [6.45, 7) is 1.85. The maximum Gasteiger partial charge on any atom is 0.341 e. The average molecular weight is 319 g/mol. The molecule has 0 unspecified atom stereocenters. The molecule has 0 bridgehead atoms. The first-order valence-electron chi connectivity index (χ1n) is 8.23. The molecular weight excluding hydrogens is 294 g/mol. The van der Waals surface area contributed by atoms with Gasteiger partial charge >= 0.3 is 5.97 Å². The number of hydrogen-bond acceptors (Lipinski definition) is 3. The number of aliphatic carboxylic acids is 1. The molecule has 1 aromatic carbocycles. The third kappa shape index (κ3) is 4.71. The maximum atomic E-state index is 12.6. The summed E-state index contributed by atoms with van der Waals surface area (Å²) in [5.74, 6) is 0.532. The SMILES string of the molecule is CCC1CCC(C(=O)N(C)c2ccc(OCC(=O)O)cc2)CC1. The van der Waals surface area contributed by atoms with Gasteiger partial charge in [-0.2, -0.15) is 0 Å². The summed E-state index contributed by atoms with van der Waals surface area (Å²) in [6.07, 6.45) is 5.43. The lowest BCUT2D eigenvalue weighted by atomic mass is 9.80. The molecule has 1 aliphatic carbocycles. The molecule has 0 aliphatic heterocycles. The summed E-state index contributed by atoms with van der Waals surface area (Å²) >= 11 is 0. The van der Waals surface area contributed by atoms with E-state index in [1.165, 1.54) is 6.42 Å². The van der Waals surface area contributed by atoms with E-state index in [0.717, 1.165) is 37.3 Å². The fourth-order valence-electron chi connectivity index (χ4n) is 3.13. The highest BCUT2D eigenvalue weighted by atomic mass is 16.5. The van der Waals surface area contributed by atoms with Gasteiger partial charge in [0.05, 0.1) is 0 Å². The molecule has 0 radical (unpaired) electrons.